The van der Waals surface area contributed by atoms with Gasteiger partial charge in [0.1, 0.15) is 0 Å². The van der Waals surface area contributed by atoms with Crippen LogP contribution in [0, 0.1) is 5.41 Å². The van der Waals surface area contributed by atoms with Gasteiger partial charge in [-0.25, -0.2) is 0 Å². The molecule has 2 N–H and O–H groups in total. The fourth-order valence-corrected chi connectivity index (χ4v) is 2.63. The average Bonchev–Trinajstić information content (AvgIpc) is 2.53. The van der Waals surface area contributed by atoms with Crippen LogP contribution in [0.1, 0.15) is 44.6 Å². The molecule has 0 aromatic heterocycles. The standard InChI is InChI=1S/C19H31NO3/c1-2-19(15-23-16-19)14-22-12-6-4-3-5-11-21-13-17-7-9-18(20)10-8-17/h7-10H,2-6,11-16,20H2,1H3. The van der Waals surface area contributed by atoms with Crippen LogP contribution in [0.15, 0.2) is 24.3 Å². The number of rotatable bonds is 12. The first kappa shape index (κ1) is 18.2. The molecular weight excluding hydrogens is 290 g/mol. The van der Waals surface area contributed by atoms with Crippen LogP contribution >= 0.6 is 0 Å². The van der Waals surface area contributed by atoms with Crippen LogP contribution in [-0.4, -0.2) is 33.0 Å². The predicted octanol–water partition coefficient (Wildman–Crippen LogP) is 3.79. The minimum Gasteiger partial charge on any atom is -0.399 e. The van der Waals surface area contributed by atoms with Crippen molar-refractivity contribution in [2.45, 2.75) is 45.6 Å². The third-order valence-electron chi connectivity index (χ3n) is 4.55. The minimum absolute atomic E-state index is 0.315. The number of hydrogen-bond donors (Lipinski definition) is 1. The van der Waals surface area contributed by atoms with E-state index in [0.29, 0.717) is 12.0 Å². The Morgan fingerprint density at radius 2 is 1.65 bits per heavy atom. The zero-order valence-electron chi connectivity index (χ0n) is 14.4. The molecule has 0 spiro atoms. The van der Waals surface area contributed by atoms with Crippen LogP contribution in [0.3, 0.4) is 0 Å². The number of anilines is 1. The van der Waals surface area contributed by atoms with Crippen molar-refractivity contribution in [3.8, 4) is 0 Å². The lowest BCUT2D eigenvalue weighted by Crippen LogP contribution is -2.45. The first-order chi connectivity index (χ1) is 11.2. The minimum atomic E-state index is 0.315. The highest BCUT2D eigenvalue weighted by Crippen LogP contribution is 2.31. The van der Waals surface area contributed by atoms with Crippen molar-refractivity contribution in [1.29, 1.82) is 0 Å². The van der Waals surface area contributed by atoms with E-state index in [1.165, 1.54) is 18.4 Å². The quantitative estimate of drug-likeness (QED) is 0.470. The Morgan fingerprint density at radius 1 is 1.00 bits per heavy atom. The maximum atomic E-state index is 5.81. The second-order valence-electron chi connectivity index (χ2n) is 6.61. The zero-order valence-corrected chi connectivity index (χ0v) is 14.4. The Kier molecular flexibility index (Phi) is 7.86. The van der Waals surface area contributed by atoms with Crippen LogP contribution in [0.5, 0.6) is 0 Å². The second-order valence-corrected chi connectivity index (χ2v) is 6.61. The number of ether oxygens (including phenoxy) is 3. The summed E-state index contributed by atoms with van der Waals surface area (Å²) in [5.74, 6) is 0. The molecule has 23 heavy (non-hydrogen) atoms. The van der Waals surface area contributed by atoms with Crippen molar-refractivity contribution in [3.05, 3.63) is 29.8 Å². The van der Waals surface area contributed by atoms with Gasteiger partial charge in [-0.15, -0.1) is 0 Å². The molecule has 0 radical (unpaired) electrons. The van der Waals surface area contributed by atoms with Gasteiger partial charge in [-0.2, -0.15) is 0 Å². The molecule has 1 fully saturated rings. The highest BCUT2D eigenvalue weighted by Gasteiger charge is 2.36. The smallest absolute Gasteiger partial charge is 0.0716 e. The third kappa shape index (κ3) is 6.50. The summed E-state index contributed by atoms with van der Waals surface area (Å²) in [6.45, 7) is 7.17. The summed E-state index contributed by atoms with van der Waals surface area (Å²) < 4.78 is 16.8. The number of nitrogens with two attached hydrogens (primary N) is 1. The summed E-state index contributed by atoms with van der Waals surface area (Å²) in [5.41, 5.74) is 7.95. The molecule has 0 saturated carbocycles. The Balaban J connectivity index is 1.37. The van der Waals surface area contributed by atoms with Gasteiger partial charge in [-0.3, -0.25) is 0 Å². The van der Waals surface area contributed by atoms with Crippen LogP contribution < -0.4 is 5.73 Å². The van der Waals surface area contributed by atoms with E-state index in [1.54, 1.807) is 0 Å². The van der Waals surface area contributed by atoms with Crippen LogP contribution in [0.25, 0.3) is 0 Å². The number of benzene rings is 1. The fraction of sp³-hybridized carbons (Fsp3) is 0.684. The summed E-state index contributed by atoms with van der Waals surface area (Å²) in [7, 11) is 0. The molecule has 0 atom stereocenters. The van der Waals surface area contributed by atoms with Gasteiger partial charge in [0, 0.05) is 24.3 Å². The lowest BCUT2D eigenvalue weighted by Gasteiger charge is -2.40. The lowest BCUT2D eigenvalue weighted by atomic mass is 9.84. The Labute approximate surface area is 140 Å². The summed E-state index contributed by atoms with van der Waals surface area (Å²) in [6.07, 6.45) is 5.81. The third-order valence-corrected chi connectivity index (χ3v) is 4.55. The molecule has 0 amide bonds. The molecule has 1 aliphatic rings. The number of nitrogen functional groups attached to an aromatic ring is 1. The van der Waals surface area contributed by atoms with Crippen molar-refractivity contribution in [2.24, 2.45) is 5.41 Å². The molecule has 4 heteroatoms. The van der Waals surface area contributed by atoms with Crippen molar-refractivity contribution < 1.29 is 14.2 Å². The summed E-state index contributed by atoms with van der Waals surface area (Å²) in [5, 5.41) is 0. The topological polar surface area (TPSA) is 53.7 Å². The molecular formula is C19H31NO3. The average molecular weight is 321 g/mol. The maximum absolute atomic E-state index is 5.81. The van der Waals surface area contributed by atoms with Crippen LogP contribution in [-0.2, 0) is 20.8 Å². The van der Waals surface area contributed by atoms with Crippen molar-refractivity contribution in [1.82, 2.24) is 0 Å². The second kappa shape index (κ2) is 9.91. The van der Waals surface area contributed by atoms with Crippen molar-refractivity contribution in [3.63, 3.8) is 0 Å². The Morgan fingerprint density at radius 3 is 2.22 bits per heavy atom. The van der Waals surface area contributed by atoms with Gasteiger partial charge in [-0.05, 0) is 37.0 Å². The summed E-state index contributed by atoms with van der Waals surface area (Å²) in [6, 6.07) is 7.86. The molecule has 1 aromatic rings. The van der Waals surface area contributed by atoms with Gasteiger partial charge < -0.3 is 19.9 Å². The van der Waals surface area contributed by atoms with Crippen LogP contribution in [0.4, 0.5) is 5.69 Å². The van der Waals surface area contributed by atoms with Gasteiger partial charge in [0.05, 0.1) is 26.4 Å². The molecule has 0 bridgehead atoms. The number of hydrogen-bond acceptors (Lipinski definition) is 4. The van der Waals surface area contributed by atoms with Gasteiger partial charge in [0.2, 0.25) is 0 Å². The molecule has 4 nitrogen and oxygen atoms in total. The maximum Gasteiger partial charge on any atom is 0.0716 e. The first-order valence-electron chi connectivity index (χ1n) is 8.82. The largest absolute Gasteiger partial charge is 0.399 e. The summed E-state index contributed by atoms with van der Waals surface area (Å²) in [4.78, 5) is 0. The molecule has 1 heterocycles. The molecule has 130 valence electrons. The van der Waals surface area contributed by atoms with Gasteiger partial charge in [0.25, 0.3) is 0 Å². The Bertz CT molecular complexity index is 423. The Hall–Kier alpha value is -1.10. The normalized spacial score (nSPS) is 16.2. The monoisotopic (exact) mass is 321 g/mol. The molecule has 0 aliphatic carbocycles. The SMILES string of the molecule is CCC1(COCCCCCCOCc2ccc(N)cc2)COC1. The van der Waals surface area contributed by atoms with E-state index in [0.717, 1.165) is 58.0 Å². The van der Waals surface area contributed by atoms with Crippen molar-refractivity contribution in [2.75, 3.05) is 38.8 Å². The van der Waals surface area contributed by atoms with E-state index < -0.39 is 0 Å². The van der Waals surface area contributed by atoms with Gasteiger partial charge >= 0.3 is 0 Å². The molecule has 2 rings (SSSR count). The highest BCUT2D eigenvalue weighted by atomic mass is 16.5. The first-order valence-corrected chi connectivity index (χ1v) is 8.82. The van der Waals surface area contributed by atoms with E-state index in [1.807, 2.05) is 24.3 Å². The fourth-order valence-electron chi connectivity index (χ4n) is 2.63. The zero-order chi connectivity index (χ0) is 16.4. The molecule has 0 unspecified atom stereocenters. The lowest BCUT2D eigenvalue weighted by molar-refractivity contribution is -0.150. The summed E-state index contributed by atoms with van der Waals surface area (Å²) >= 11 is 0. The van der Waals surface area contributed by atoms with E-state index in [-0.39, 0.29) is 0 Å². The predicted molar refractivity (Wildman–Crippen MR) is 93.3 cm³/mol. The number of unbranched alkanes of at least 4 members (excludes halogenated alkanes) is 3. The van der Waals surface area contributed by atoms with E-state index in [2.05, 4.69) is 6.92 Å². The van der Waals surface area contributed by atoms with E-state index >= 15 is 0 Å². The van der Waals surface area contributed by atoms with Gasteiger partial charge in [0.15, 0.2) is 0 Å². The van der Waals surface area contributed by atoms with Crippen LogP contribution in [0.2, 0.25) is 0 Å². The molecule has 1 aromatic carbocycles. The highest BCUT2D eigenvalue weighted by molar-refractivity contribution is 5.39. The van der Waals surface area contributed by atoms with Crippen molar-refractivity contribution >= 4 is 5.69 Å². The van der Waals surface area contributed by atoms with E-state index in [4.69, 9.17) is 19.9 Å². The molecule has 1 saturated heterocycles. The van der Waals surface area contributed by atoms with E-state index in [9.17, 15) is 0 Å². The molecule has 1 aliphatic heterocycles. The van der Waals surface area contributed by atoms with Gasteiger partial charge in [-0.1, -0.05) is 31.9 Å².